The Balaban J connectivity index is 1.27. The molecule has 10 nitrogen and oxygen atoms in total. The molecule has 53 heavy (non-hydrogen) atoms. The highest BCUT2D eigenvalue weighted by Crippen LogP contribution is 2.44. The van der Waals surface area contributed by atoms with Crippen molar-refractivity contribution in [3.05, 3.63) is 107 Å². The van der Waals surface area contributed by atoms with E-state index in [1.807, 2.05) is 101 Å². The van der Waals surface area contributed by atoms with Gasteiger partial charge in [-0.3, -0.25) is 14.9 Å². The molecule has 0 bridgehead atoms. The molecule has 1 aliphatic carbocycles. The molecule has 3 N–H and O–H groups in total. The molecule has 4 aromatic rings. The van der Waals surface area contributed by atoms with Crippen LogP contribution >= 0.6 is 0 Å². The second-order valence-electron chi connectivity index (χ2n) is 15.3. The van der Waals surface area contributed by atoms with Crippen molar-refractivity contribution >= 4 is 35.4 Å². The van der Waals surface area contributed by atoms with Gasteiger partial charge in [0.2, 0.25) is 5.91 Å². The fraction of sp³-hybridized carbons (Fsp3) is 0.349. The third-order valence-electron chi connectivity index (χ3n) is 8.69. The molecule has 0 spiro atoms. The number of anilines is 2. The minimum Gasteiger partial charge on any atom is -0.460 e. The SMILES string of the molecule is Cc1cc(-c2ccc(NC(=O)C(CCC(=O)OC(C)(C)C)NC(=O)OCC3c4ccccc4-c4ccccc43)c(C)c2)ccc1NC(=O)OC(C)(C)C. The fourth-order valence-electron chi connectivity index (χ4n) is 6.31. The Bertz CT molecular complexity index is 1960. The molecule has 0 saturated carbocycles. The lowest BCUT2D eigenvalue weighted by Gasteiger charge is -2.22. The first kappa shape index (κ1) is 38.6. The molecule has 4 aromatic carbocycles. The predicted molar refractivity (Wildman–Crippen MR) is 207 cm³/mol. The van der Waals surface area contributed by atoms with E-state index in [0.717, 1.165) is 44.5 Å². The number of rotatable bonds is 10. The highest BCUT2D eigenvalue weighted by molar-refractivity contribution is 5.97. The fourth-order valence-corrected chi connectivity index (χ4v) is 6.31. The largest absolute Gasteiger partial charge is 0.460 e. The molecule has 0 heterocycles. The number of nitrogens with one attached hydrogen (secondary N) is 3. The summed E-state index contributed by atoms with van der Waals surface area (Å²) in [5.41, 5.74) is 7.72. The van der Waals surface area contributed by atoms with Crippen LogP contribution in [0, 0.1) is 13.8 Å². The van der Waals surface area contributed by atoms with Crippen LogP contribution in [0.3, 0.4) is 0 Å². The van der Waals surface area contributed by atoms with Crippen LogP contribution in [0.1, 0.15) is 82.6 Å². The predicted octanol–water partition coefficient (Wildman–Crippen LogP) is 9.29. The molecule has 0 aliphatic heterocycles. The lowest BCUT2D eigenvalue weighted by molar-refractivity contribution is -0.155. The number of carbonyl (C=O) groups excluding carboxylic acids is 4. The number of fused-ring (bicyclic) bond motifs is 3. The normalized spacial score (nSPS) is 12.9. The van der Waals surface area contributed by atoms with E-state index in [-0.39, 0.29) is 25.4 Å². The highest BCUT2D eigenvalue weighted by atomic mass is 16.6. The molecule has 0 saturated heterocycles. The van der Waals surface area contributed by atoms with Crippen molar-refractivity contribution in [1.82, 2.24) is 5.32 Å². The Kier molecular flexibility index (Phi) is 11.6. The number of aryl methyl sites for hydroxylation is 2. The van der Waals surface area contributed by atoms with E-state index in [9.17, 15) is 19.2 Å². The molecular weight excluding hydrogens is 670 g/mol. The average molecular weight is 720 g/mol. The van der Waals surface area contributed by atoms with Gasteiger partial charge in [-0.25, -0.2) is 9.59 Å². The first-order valence-corrected chi connectivity index (χ1v) is 17.8. The topological polar surface area (TPSA) is 132 Å². The lowest BCUT2D eigenvalue weighted by atomic mass is 9.98. The van der Waals surface area contributed by atoms with Crippen molar-refractivity contribution in [3.63, 3.8) is 0 Å². The number of esters is 1. The second-order valence-corrected chi connectivity index (χ2v) is 15.3. The Morgan fingerprint density at radius 3 is 1.68 bits per heavy atom. The van der Waals surface area contributed by atoms with Crippen molar-refractivity contribution in [2.45, 2.75) is 91.4 Å². The summed E-state index contributed by atoms with van der Waals surface area (Å²) in [6.45, 7) is 14.6. The number of hydrogen-bond donors (Lipinski definition) is 3. The first-order valence-electron chi connectivity index (χ1n) is 17.8. The van der Waals surface area contributed by atoms with Crippen molar-refractivity contribution < 1.29 is 33.4 Å². The maximum atomic E-state index is 13.7. The summed E-state index contributed by atoms with van der Waals surface area (Å²) in [5.74, 6) is -1.12. The molecule has 1 unspecified atom stereocenters. The minimum absolute atomic E-state index is 0.00499. The van der Waals surface area contributed by atoms with Crippen molar-refractivity contribution in [1.29, 1.82) is 0 Å². The summed E-state index contributed by atoms with van der Waals surface area (Å²) < 4.78 is 16.6. The average Bonchev–Trinajstić information content (AvgIpc) is 3.39. The van der Waals surface area contributed by atoms with Gasteiger partial charge in [-0.2, -0.15) is 0 Å². The molecule has 1 aliphatic rings. The van der Waals surface area contributed by atoms with Gasteiger partial charge in [0.05, 0.1) is 0 Å². The molecule has 0 aromatic heterocycles. The molecule has 10 heteroatoms. The summed E-state index contributed by atoms with van der Waals surface area (Å²) in [6.07, 6.45) is -1.37. The Morgan fingerprint density at radius 2 is 1.17 bits per heavy atom. The molecule has 278 valence electrons. The van der Waals surface area contributed by atoms with E-state index in [4.69, 9.17) is 14.2 Å². The second kappa shape index (κ2) is 15.9. The lowest BCUT2D eigenvalue weighted by Crippen LogP contribution is -2.44. The molecule has 5 rings (SSSR count). The number of alkyl carbamates (subject to hydrolysis) is 1. The third-order valence-corrected chi connectivity index (χ3v) is 8.69. The molecule has 0 radical (unpaired) electrons. The third kappa shape index (κ3) is 10.2. The monoisotopic (exact) mass is 719 g/mol. The zero-order valence-corrected chi connectivity index (χ0v) is 31.7. The van der Waals surface area contributed by atoms with Gasteiger partial charge in [0.25, 0.3) is 0 Å². The zero-order chi connectivity index (χ0) is 38.5. The van der Waals surface area contributed by atoms with E-state index in [1.165, 1.54) is 0 Å². The van der Waals surface area contributed by atoms with Gasteiger partial charge >= 0.3 is 18.2 Å². The summed E-state index contributed by atoms with van der Waals surface area (Å²) >= 11 is 0. The number of carbonyl (C=O) groups is 4. The summed E-state index contributed by atoms with van der Waals surface area (Å²) in [4.78, 5) is 51.9. The van der Waals surface area contributed by atoms with Crippen molar-refractivity contribution in [2.75, 3.05) is 17.2 Å². The van der Waals surface area contributed by atoms with E-state index in [2.05, 4.69) is 28.1 Å². The van der Waals surface area contributed by atoms with Gasteiger partial charge in [-0.15, -0.1) is 0 Å². The summed E-state index contributed by atoms with van der Waals surface area (Å²) in [5, 5.41) is 8.42. The Morgan fingerprint density at radius 1 is 0.660 bits per heavy atom. The Hall–Kier alpha value is -5.64. The van der Waals surface area contributed by atoms with Gasteiger partial charge < -0.3 is 24.8 Å². The van der Waals surface area contributed by atoms with Crippen LogP contribution in [-0.4, -0.2) is 47.9 Å². The first-order chi connectivity index (χ1) is 25.0. The van der Waals surface area contributed by atoms with E-state index in [1.54, 1.807) is 26.8 Å². The van der Waals surface area contributed by atoms with Crippen LogP contribution in [0.5, 0.6) is 0 Å². The smallest absolute Gasteiger partial charge is 0.412 e. The number of ether oxygens (including phenoxy) is 3. The van der Waals surface area contributed by atoms with Crippen LogP contribution < -0.4 is 16.0 Å². The summed E-state index contributed by atoms with van der Waals surface area (Å²) in [6, 6.07) is 26.3. The van der Waals surface area contributed by atoms with Crippen LogP contribution in [0.4, 0.5) is 21.0 Å². The van der Waals surface area contributed by atoms with Gasteiger partial charge in [-0.1, -0.05) is 60.7 Å². The summed E-state index contributed by atoms with van der Waals surface area (Å²) in [7, 11) is 0. The van der Waals surface area contributed by atoms with E-state index >= 15 is 0 Å². The minimum atomic E-state index is -1.08. The number of hydrogen-bond acceptors (Lipinski definition) is 7. The molecule has 0 fully saturated rings. The van der Waals surface area contributed by atoms with E-state index in [0.29, 0.717) is 11.4 Å². The van der Waals surface area contributed by atoms with Crippen molar-refractivity contribution in [2.24, 2.45) is 0 Å². The van der Waals surface area contributed by atoms with Crippen molar-refractivity contribution in [3.8, 4) is 22.3 Å². The van der Waals surface area contributed by atoms with Gasteiger partial charge in [0.1, 0.15) is 23.9 Å². The maximum absolute atomic E-state index is 13.7. The zero-order valence-electron chi connectivity index (χ0n) is 31.7. The number of amides is 3. The van der Waals surface area contributed by atoms with Gasteiger partial charge in [0, 0.05) is 23.7 Å². The van der Waals surface area contributed by atoms with Crippen LogP contribution in [0.25, 0.3) is 22.3 Å². The van der Waals surface area contributed by atoms with Gasteiger partial charge in [-0.05, 0) is 131 Å². The molecule has 1 atom stereocenters. The van der Waals surface area contributed by atoms with Gasteiger partial charge in [0.15, 0.2) is 0 Å². The molecule has 3 amide bonds. The maximum Gasteiger partial charge on any atom is 0.412 e. The standard InChI is InChI=1S/C43H49N3O7/c1-26-23-28(29-18-20-36(27(2)24-29)45-41(50)53-43(6,7)8)17-19-35(26)44-39(48)37(21-22-38(47)52-42(3,4)5)46-40(49)51-25-34-32-15-11-9-13-30(32)31-14-10-12-16-33(31)34/h9-20,23-24,34,37H,21-22,25H2,1-8H3,(H,44,48)(H,45,50)(H,46,49). The van der Waals surface area contributed by atoms with Crippen LogP contribution in [-0.2, 0) is 23.8 Å². The number of benzene rings is 4. The van der Waals surface area contributed by atoms with E-state index < -0.39 is 41.3 Å². The quantitative estimate of drug-likeness (QED) is 0.110. The van der Waals surface area contributed by atoms with Crippen LogP contribution in [0.15, 0.2) is 84.9 Å². The van der Waals surface area contributed by atoms with Crippen LogP contribution in [0.2, 0.25) is 0 Å². The Labute approximate surface area is 311 Å². The molecular formula is C43H49N3O7. The highest BCUT2D eigenvalue weighted by Gasteiger charge is 2.30.